The van der Waals surface area contributed by atoms with E-state index in [0.29, 0.717) is 24.8 Å². The molecule has 8 heteroatoms. The first-order chi connectivity index (χ1) is 14.7. The van der Waals surface area contributed by atoms with Gasteiger partial charge in [0.1, 0.15) is 0 Å². The van der Waals surface area contributed by atoms with Crippen LogP contribution in [0.3, 0.4) is 0 Å². The lowest BCUT2D eigenvalue weighted by Gasteiger charge is -2.31. The normalized spacial score (nSPS) is 17.0. The van der Waals surface area contributed by atoms with Crippen LogP contribution in [-0.2, 0) is 11.3 Å². The standard InChI is InChI=1S/C22H27N5O2S/c1-26(18-8-3-2-4-9-18)13-11-23-22(28)17-7-5-12-27(15-17)16-20-24-21(25-29-20)19-10-6-14-30-19/h2-4,6,8-10,14,17H,5,7,11-13,15-16H2,1H3,(H,23,28). The number of nitrogens with one attached hydrogen (secondary N) is 1. The first-order valence-corrected chi connectivity index (χ1v) is 11.2. The van der Waals surface area contributed by atoms with E-state index in [1.54, 1.807) is 11.3 Å². The molecule has 2 aromatic heterocycles. The molecule has 30 heavy (non-hydrogen) atoms. The van der Waals surface area contributed by atoms with Crippen LogP contribution in [0.2, 0.25) is 0 Å². The van der Waals surface area contributed by atoms with E-state index in [1.165, 1.54) is 0 Å². The largest absolute Gasteiger partial charge is 0.373 e. The number of likely N-dealkylation sites (N-methyl/N-ethyl adjacent to an activating group) is 1. The van der Waals surface area contributed by atoms with E-state index in [-0.39, 0.29) is 11.8 Å². The molecule has 1 atom stereocenters. The molecule has 0 aliphatic carbocycles. The Morgan fingerprint density at radius 2 is 2.17 bits per heavy atom. The third-order valence-corrected chi connectivity index (χ3v) is 6.25. The molecule has 1 aliphatic heterocycles. The zero-order valence-electron chi connectivity index (χ0n) is 17.2. The van der Waals surface area contributed by atoms with Crippen LogP contribution in [-0.4, -0.2) is 54.2 Å². The SMILES string of the molecule is CN(CCNC(=O)C1CCCN(Cc2nc(-c3cccs3)no2)C1)c1ccccc1. The van der Waals surface area contributed by atoms with E-state index >= 15 is 0 Å². The molecule has 3 aromatic rings. The number of carbonyl (C=O) groups is 1. The second-order valence-corrected chi connectivity index (χ2v) is 8.56. The van der Waals surface area contributed by atoms with Gasteiger partial charge in [0.25, 0.3) is 0 Å². The average molecular weight is 426 g/mol. The molecule has 1 aromatic carbocycles. The third kappa shape index (κ3) is 5.25. The summed E-state index contributed by atoms with van der Waals surface area (Å²) in [4.78, 5) is 22.5. The highest BCUT2D eigenvalue weighted by molar-refractivity contribution is 7.13. The van der Waals surface area contributed by atoms with Crippen molar-refractivity contribution in [3.63, 3.8) is 0 Å². The lowest BCUT2D eigenvalue weighted by atomic mass is 9.97. The number of aromatic nitrogens is 2. The maximum Gasteiger partial charge on any atom is 0.241 e. The van der Waals surface area contributed by atoms with Gasteiger partial charge < -0.3 is 14.7 Å². The molecule has 4 rings (SSSR count). The molecule has 1 N–H and O–H groups in total. The Hall–Kier alpha value is -2.71. The number of para-hydroxylation sites is 1. The first kappa shape index (κ1) is 20.6. The number of nitrogens with zero attached hydrogens (tertiary/aromatic N) is 4. The number of hydrogen-bond acceptors (Lipinski definition) is 7. The van der Waals surface area contributed by atoms with Crippen LogP contribution in [0.15, 0.2) is 52.4 Å². The van der Waals surface area contributed by atoms with E-state index in [9.17, 15) is 4.79 Å². The van der Waals surface area contributed by atoms with Gasteiger partial charge in [-0.25, -0.2) is 0 Å². The Balaban J connectivity index is 1.24. The number of anilines is 1. The van der Waals surface area contributed by atoms with E-state index in [1.807, 2.05) is 42.8 Å². The number of hydrogen-bond donors (Lipinski definition) is 1. The Morgan fingerprint density at radius 1 is 1.30 bits per heavy atom. The summed E-state index contributed by atoms with van der Waals surface area (Å²) < 4.78 is 5.42. The van der Waals surface area contributed by atoms with Gasteiger partial charge in [0.15, 0.2) is 0 Å². The minimum atomic E-state index is 0.000434. The summed E-state index contributed by atoms with van der Waals surface area (Å²) in [6, 6.07) is 14.1. The summed E-state index contributed by atoms with van der Waals surface area (Å²) in [5.41, 5.74) is 1.15. The van der Waals surface area contributed by atoms with E-state index < -0.39 is 0 Å². The van der Waals surface area contributed by atoms with Gasteiger partial charge in [-0.1, -0.05) is 29.4 Å². The van der Waals surface area contributed by atoms with Crippen molar-refractivity contribution < 1.29 is 9.32 Å². The molecular formula is C22H27N5O2S. The molecule has 158 valence electrons. The highest BCUT2D eigenvalue weighted by Gasteiger charge is 2.26. The van der Waals surface area contributed by atoms with Crippen molar-refractivity contribution in [2.24, 2.45) is 5.92 Å². The highest BCUT2D eigenvalue weighted by atomic mass is 32.1. The number of benzene rings is 1. The molecule has 0 bridgehead atoms. The molecule has 1 aliphatic rings. The predicted molar refractivity (Wildman–Crippen MR) is 118 cm³/mol. The molecule has 0 spiro atoms. The van der Waals surface area contributed by atoms with Gasteiger partial charge in [0, 0.05) is 32.4 Å². The Morgan fingerprint density at radius 3 is 2.97 bits per heavy atom. The number of thiophene rings is 1. The maximum atomic E-state index is 12.7. The fraction of sp³-hybridized carbons (Fsp3) is 0.409. The average Bonchev–Trinajstić information content (AvgIpc) is 3.46. The minimum Gasteiger partial charge on any atom is -0.373 e. The highest BCUT2D eigenvalue weighted by Crippen LogP contribution is 2.23. The molecule has 3 heterocycles. The van der Waals surface area contributed by atoms with Crippen molar-refractivity contribution in [1.29, 1.82) is 0 Å². The van der Waals surface area contributed by atoms with Gasteiger partial charge >= 0.3 is 0 Å². The minimum absolute atomic E-state index is 0.000434. The molecule has 1 amide bonds. The zero-order chi connectivity index (χ0) is 20.8. The van der Waals surface area contributed by atoms with Gasteiger partial charge in [-0.3, -0.25) is 9.69 Å². The van der Waals surface area contributed by atoms with Gasteiger partial charge in [0.05, 0.1) is 17.3 Å². The van der Waals surface area contributed by atoms with Gasteiger partial charge in [-0.2, -0.15) is 4.98 Å². The van der Waals surface area contributed by atoms with Crippen LogP contribution in [0.1, 0.15) is 18.7 Å². The smallest absolute Gasteiger partial charge is 0.241 e. The Labute approximate surface area is 180 Å². The predicted octanol–water partition coefficient (Wildman–Crippen LogP) is 3.26. The molecule has 1 unspecified atom stereocenters. The number of carbonyl (C=O) groups excluding carboxylic acids is 1. The van der Waals surface area contributed by atoms with E-state index in [2.05, 4.69) is 37.4 Å². The maximum absolute atomic E-state index is 12.7. The molecule has 1 saturated heterocycles. The van der Waals surface area contributed by atoms with E-state index in [0.717, 1.165) is 43.0 Å². The fourth-order valence-electron chi connectivity index (χ4n) is 3.73. The van der Waals surface area contributed by atoms with Gasteiger partial charge in [-0.05, 0) is 43.0 Å². The topological polar surface area (TPSA) is 74.5 Å². The summed E-state index contributed by atoms with van der Waals surface area (Å²) in [6.45, 7) is 3.65. The molecule has 1 fully saturated rings. The van der Waals surface area contributed by atoms with E-state index in [4.69, 9.17) is 4.52 Å². The number of rotatable bonds is 8. The molecule has 0 saturated carbocycles. The van der Waals surface area contributed by atoms with Crippen LogP contribution >= 0.6 is 11.3 Å². The summed E-state index contributed by atoms with van der Waals surface area (Å²) in [7, 11) is 2.04. The first-order valence-electron chi connectivity index (χ1n) is 10.3. The summed E-state index contributed by atoms with van der Waals surface area (Å²) in [5, 5.41) is 9.17. The summed E-state index contributed by atoms with van der Waals surface area (Å²) in [6.07, 6.45) is 1.91. The van der Waals surface area contributed by atoms with Crippen molar-refractivity contribution in [2.75, 3.05) is 38.1 Å². The van der Waals surface area contributed by atoms with Crippen LogP contribution in [0.5, 0.6) is 0 Å². The summed E-state index contributed by atoms with van der Waals surface area (Å²) in [5.74, 6) is 1.37. The number of piperidine rings is 1. The lowest BCUT2D eigenvalue weighted by Crippen LogP contribution is -2.44. The number of likely N-dealkylation sites (tertiary alicyclic amines) is 1. The van der Waals surface area contributed by atoms with Crippen LogP contribution in [0.4, 0.5) is 5.69 Å². The van der Waals surface area contributed by atoms with Crippen molar-refractivity contribution in [3.8, 4) is 10.7 Å². The monoisotopic (exact) mass is 425 g/mol. The quantitative estimate of drug-likeness (QED) is 0.597. The van der Waals surface area contributed by atoms with Crippen molar-refractivity contribution in [2.45, 2.75) is 19.4 Å². The van der Waals surface area contributed by atoms with Crippen LogP contribution in [0, 0.1) is 5.92 Å². The second kappa shape index (κ2) is 9.86. The lowest BCUT2D eigenvalue weighted by molar-refractivity contribution is -0.126. The Bertz CT molecular complexity index is 928. The number of amides is 1. The van der Waals surface area contributed by atoms with Crippen molar-refractivity contribution >= 4 is 22.9 Å². The summed E-state index contributed by atoms with van der Waals surface area (Å²) >= 11 is 1.59. The molecule has 0 radical (unpaired) electrons. The van der Waals surface area contributed by atoms with Crippen LogP contribution in [0.25, 0.3) is 10.7 Å². The second-order valence-electron chi connectivity index (χ2n) is 7.61. The third-order valence-electron chi connectivity index (χ3n) is 5.39. The molecule has 7 nitrogen and oxygen atoms in total. The fourth-order valence-corrected chi connectivity index (χ4v) is 4.38. The van der Waals surface area contributed by atoms with Crippen LogP contribution < -0.4 is 10.2 Å². The van der Waals surface area contributed by atoms with Gasteiger partial charge in [-0.15, -0.1) is 11.3 Å². The van der Waals surface area contributed by atoms with Crippen molar-refractivity contribution in [3.05, 3.63) is 53.7 Å². The zero-order valence-corrected chi connectivity index (χ0v) is 18.0. The Kier molecular flexibility index (Phi) is 6.76. The van der Waals surface area contributed by atoms with Gasteiger partial charge in [0.2, 0.25) is 17.6 Å². The molecular weight excluding hydrogens is 398 g/mol. The van der Waals surface area contributed by atoms with Crippen molar-refractivity contribution in [1.82, 2.24) is 20.4 Å².